The van der Waals surface area contributed by atoms with Crippen LogP contribution in [0.2, 0.25) is 15.1 Å². The van der Waals surface area contributed by atoms with E-state index in [-0.39, 0.29) is 12.1 Å². The molecule has 9 heteroatoms. The molecule has 5 nitrogen and oxygen atoms in total. The standard InChI is InChI=1S/C31H29Cl3N4OS/c1-18-13-19(2)17-37(16-18)26-9-7-21(15-24(26)34)38-30(29(36-31(38)40)25-5-3-4-12-35-25)28-11-10-27(39-28)20-6-8-22(32)23(33)14-20/h3-12,14-15,18-19,29-30H,13,16-17H2,1-2H3,(H,36,40)/t18-,19-,29-,30-/m0/s1. The quantitative estimate of drug-likeness (QED) is 0.227. The van der Waals surface area contributed by atoms with E-state index in [1.165, 1.54) is 6.42 Å². The van der Waals surface area contributed by atoms with E-state index in [4.69, 9.17) is 51.4 Å². The Hall–Kier alpha value is -2.77. The Morgan fingerprint density at radius 1 is 0.900 bits per heavy atom. The number of rotatable bonds is 5. The molecule has 6 rings (SSSR count). The number of halogens is 3. The maximum atomic E-state index is 6.95. The van der Waals surface area contributed by atoms with Crippen LogP contribution in [0, 0.1) is 11.8 Å². The van der Waals surface area contributed by atoms with Gasteiger partial charge < -0.3 is 19.5 Å². The molecule has 0 bridgehead atoms. The van der Waals surface area contributed by atoms with Gasteiger partial charge in [0.05, 0.1) is 32.5 Å². The second-order valence-corrected chi connectivity index (χ2v) is 12.4. The van der Waals surface area contributed by atoms with Crippen LogP contribution >= 0.6 is 47.0 Å². The second kappa shape index (κ2) is 11.2. The highest BCUT2D eigenvalue weighted by molar-refractivity contribution is 7.80. The summed E-state index contributed by atoms with van der Waals surface area (Å²) in [6.07, 6.45) is 3.03. The van der Waals surface area contributed by atoms with Crippen LogP contribution < -0.4 is 15.1 Å². The normalized spacial score (nSPS) is 23.0. The van der Waals surface area contributed by atoms with Crippen LogP contribution in [0.15, 0.2) is 77.3 Å². The molecule has 40 heavy (non-hydrogen) atoms. The first-order valence-corrected chi connectivity index (χ1v) is 14.9. The molecule has 0 unspecified atom stereocenters. The van der Waals surface area contributed by atoms with E-state index in [0.29, 0.717) is 37.8 Å². The SMILES string of the molecule is C[C@H]1C[C@H](C)CN(c2ccc(N3C(=S)N[C@@H](c4ccccn4)[C@@H]3c3ccc(-c4ccc(Cl)c(Cl)c4)o3)cc2Cl)C1. The Labute approximate surface area is 255 Å². The Morgan fingerprint density at radius 3 is 2.40 bits per heavy atom. The van der Waals surface area contributed by atoms with Gasteiger partial charge in [-0.25, -0.2) is 0 Å². The maximum absolute atomic E-state index is 6.95. The van der Waals surface area contributed by atoms with Crippen molar-refractivity contribution in [1.82, 2.24) is 10.3 Å². The summed E-state index contributed by atoms with van der Waals surface area (Å²) in [5.41, 5.74) is 3.65. The molecule has 0 amide bonds. The van der Waals surface area contributed by atoms with E-state index in [9.17, 15) is 0 Å². The molecular weight excluding hydrogens is 583 g/mol. The number of furan rings is 1. The second-order valence-electron chi connectivity index (χ2n) is 10.8. The minimum Gasteiger partial charge on any atom is -0.459 e. The lowest BCUT2D eigenvalue weighted by atomic mass is 9.91. The Bertz CT molecular complexity index is 1530. The third kappa shape index (κ3) is 5.30. The highest BCUT2D eigenvalue weighted by atomic mass is 35.5. The number of nitrogens with one attached hydrogen (secondary N) is 1. The van der Waals surface area contributed by atoms with Gasteiger partial charge in [0.15, 0.2) is 5.11 Å². The fraction of sp³-hybridized carbons (Fsp3) is 0.290. The molecule has 0 saturated carbocycles. The van der Waals surface area contributed by atoms with Crippen LogP contribution in [-0.4, -0.2) is 23.2 Å². The summed E-state index contributed by atoms with van der Waals surface area (Å²) >= 11 is 25.3. The molecule has 2 aliphatic rings. The van der Waals surface area contributed by atoms with Gasteiger partial charge in [0.2, 0.25) is 0 Å². The number of hydrogen-bond donors (Lipinski definition) is 1. The zero-order chi connectivity index (χ0) is 28.0. The van der Waals surface area contributed by atoms with Gasteiger partial charge in [-0.05, 0) is 91.1 Å². The average Bonchev–Trinajstić information content (AvgIpc) is 3.55. The number of aromatic nitrogens is 1. The smallest absolute Gasteiger partial charge is 0.174 e. The van der Waals surface area contributed by atoms with E-state index >= 15 is 0 Å². The van der Waals surface area contributed by atoms with Crippen LogP contribution in [0.3, 0.4) is 0 Å². The zero-order valence-corrected chi connectivity index (χ0v) is 25.2. The van der Waals surface area contributed by atoms with Gasteiger partial charge in [-0.15, -0.1) is 0 Å². The first kappa shape index (κ1) is 27.4. The minimum atomic E-state index is -0.295. The van der Waals surface area contributed by atoms with E-state index in [2.05, 4.69) is 46.1 Å². The Morgan fingerprint density at radius 2 is 1.70 bits per heavy atom. The average molecular weight is 612 g/mol. The predicted molar refractivity (Wildman–Crippen MR) is 169 cm³/mol. The number of thiocarbonyl (C=S) groups is 1. The maximum Gasteiger partial charge on any atom is 0.174 e. The van der Waals surface area contributed by atoms with Gasteiger partial charge in [0, 0.05) is 30.5 Å². The van der Waals surface area contributed by atoms with E-state index in [0.717, 1.165) is 41.5 Å². The molecule has 2 aromatic heterocycles. The minimum absolute atomic E-state index is 0.233. The third-order valence-corrected chi connectivity index (χ3v) is 9.00. The lowest BCUT2D eigenvalue weighted by Gasteiger charge is -2.37. The lowest BCUT2D eigenvalue weighted by molar-refractivity contribution is 0.357. The summed E-state index contributed by atoms with van der Waals surface area (Å²) in [4.78, 5) is 9.11. The van der Waals surface area contributed by atoms with Crippen molar-refractivity contribution in [3.63, 3.8) is 0 Å². The number of pyridine rings is 1. The third-order valence-electron chi connectivity index (χ3n) is 7.64. The number of piperidine rings is 1. The molecule has 206 valence electrons. The molecule has 1 N–H and O–H groups in total. The Balaban J connectivity index is 1.38. The summed E-state index contributed by atoms with van der Waals surface area (Å²) in [6.45, 7) is 6.61. The molecule has 4 heterocycles. The van der Waals surface area contributed by atoms with E-state index in [1.807, 2.05) is 42.5 Å². The molecular formula is C31H29Cl3N4OS. The topological polar surface area (TPSA) is 44.5 Å². The monoisotopic (exact) mass is 610 g/mol. The van der Waals surface area contributed by atoms with Crippen molar-refractivity contribution in [2.45, 2.75) is 32.4 Å². The fourth-order valence-corrected chi connectivity index (χ4v) is 6.94. The van der Waals surface area contributed by atoms with Crippen molar-refractivity contribution >= 4 is 63.5 Å². The number of hydrogen-bond acceptors (Lipinski definition) is 4. The van der Waals surface area contributed by atoms with Gasteiger partial charge in [-0.2, -0.15) is 0 Å². The number of anilines is 2. The van der Waals surface area contributed by atoms with Crippen LogP contribution in [0.25, 0.3) is 11.3 Å². The van der Waals surface area contributed by atoms with Crippen LogP contribution in [-0.2, 0) is 0 Å². The molecule has 0 spiro atoms. The predicted octanol–water partition coefficient (Wildman–Crippen LogP) is 8.96. The molecule has 0 radical (unpaired) electrons. The molecule has 4 aromatic rings. The van der Waals surface area contributed by atoms with Crippen molar-refractivity contribution < 1.29 is 4.42 Å². The fourth-order valence-electron chi connectivity index (χ4n) is 6.00. The zero-order valence-electron chi connectivity index (χ0n) is 22.2. The summed E-state index contributed by atoms with van der Waals surface area (Å²) in [6, 6.07) is 20.9. The van der Waals surface area contributed by atoms with Crippen LogP contribution in [0.4, 0.5) is 11.4 Å². The summed E-state index contributed by atoms with van der Waals surface area (Å²) in [5.74, 6) is 2.68. The van der Waals surface area contributed by atoms with E-state index < -0.39 is 0 Å². The summed E-state index contributed by atoms with van der Waals surface area (Å²) < 4.78 is 6.46. The first-order chi connectivity index (χ1) is 19.3. The molecule has 2 aliphatic heterocycles. The van der Waals surface area contributed by atoms with Gasteiger partial charge in [0.1, 0.15) is 17.6 Å². The molecule has 4 atom stereocenters. The van der Waals surface area contributed by atoms with E-state index in [1.54, 1.807) is 18.3 Å². The van der Waals surface area contributed by atoms with Crippen molar-refractivity contribution in [1.29, 1.82) is 0 Å². The summed E-state index contributed by atoms with van der Waals surface area (Å²) in [7, 11) is 0. The lowest BCUT2D eigenvalue weighted by Crippen LogP contribution is -2.38. The largest absolute Gasteiger partial charge is 0.459 e. The molecule has 2 aromatic carbocycles. The highest BCUT2D eigenvalue weighted by Crippen LogP contribution is 2.45. The Kier molecular flexibility index (Phi) is 7.71. The molecule has 2 fully saturated rings. The highest BCUT2D eigenvalue weighted by Gasteiger charge is 2.43. The number of nitrogens with zero attached hydrogens (tertiary/aromatic N) is 3. The van der Waals surface area contributed by atoms with Gasteiger partial charge in [-0.1, -0.05) is 54.7 Å². The number of benzene rings is 2. The molecule has 2 saturated heterocycles. The van der Waals surface area contributed by atoms with Crippen molar-refractivity contribution in [3.05, 3.63) is 99.4 Å². The van der Waals surface area contributed by atoms with Gasteiger partial charge in [-0.3, -0.25) is 4.98 Å². The van der Waals surface area contributed by atoms with Crippen molar-refractivity contribution in [2.24, 2.45) is 11.8 Å². The summed E-state index contributed by atoms with van der Waals surface area (Å²) in [5, 5.41) is 5.74. The van der Waals surface area contributed by atoms with Gasteiger partial charge >= 0.3 is 0 Å². The van der Waals surface area contributed by atoms with Crippen LogP contribution in [0.5, 0.6) is 0 Å². The first-order valence-electron chi connectivity index (χ1n) is 13.4. The van der Waals surface area contributed by atoms with Gasteiger partial charge in [0.25, 0.3) is 0 Å². The van der Waals surface area contributed by atoms with Crippen molar-refractivity contribution in [3.8, 4) is 11.3 Å². The van der Waals surface area contributed by atoms with Crippen LogP contribution in [0.1, 0.15) is 43.8 Å². The van der Waals surface area contributed by atoms with Crippen molar-refractivity contribution in [2.75, 3.05) is 22.9 Å². The molecule has 0 aliphatic carbocycles.